The lowest BCUT2D eigenvalue weighted by molar-refractivity contribution is -0.141. The number of alkyl halides is 3. The van der Waals surface area contributed by atoms with Crippen LogP contribution in [0.5, 0.6) is 11.6 Å². The fourth-order valence-electron chi connectivity index (χ4n) is 4.24. The van der Waals surface area contributed by atoms with Gasteiger partial charge in [-0.25, -0.2) is 17.8 Å². The third-order valence-corrected chi connectivity index (χ3v) is 8.53. The maximum atomic E-state index is 14.3. The molecule has 0 saturated heterocycles. The molecule has 0 saturated carbocycles. The number of anilines is 1. The van der Waals surface area contributed by atoms with Gasteiger partial charge in [-0.3, -0.25) is 9.10 Å². The van der Waals surface area contributed by atoms with Crippen LogP contribution in [0.4, 0.5) is 23.2 Å². The number of sulfonamides is 1. The number of aromatic nitrogens is 1. The summed E-state index contributed by atoms with van der Waals surface area (Å²) in [6.45, 7) is 0.493. The molecule has 0 amide bonds. The topological polar surface area (TPSA) is 115 Å². The molecule has 3 aromatic rings. The predicted octanol–water partition coefficient (Wildman–Crippen LogP) is 5.73. The summed E-state index contributed by atoms with van der Waals surface area (Å²) in [7, 11) is -3.66. The van der Waals surface area contributed by atoms with E-state index in [9.17, 15) is 35.9 Å². The molecule has 1 aliphatic rings. The van der Waals surface area contributed by atoms with Gasteiger partial charge in [0.2, 0.25) is 5.88 Å². The van der Waals surface area contributed by atoms with Crippen molar-refractivity contribution in [1.29, 1.82) is 0 Å². The Morgan fingerprint density at radius 2 is 2.00 bits per heavy atom. The van der Waals surface area contributed by atoms with Gasteiger partial charge in [-0.2, -0.15) is 13.2 Å². The molecule has 1 N–H and O–H groups in total. The molecule has 15 heteroatoms. The van der Waals surface area contributed by atoms with Gasteiger partial charge in [0.1, 0.15) is 24.3 Å². The lowest BCUT2D eigenvalue weighted by Crippen LogP contribution is -2.44. The maximum Gasteiger partial charge on any atom is 0.417 e. The molecular weight excluding hydrogens is 632 g/mol. The first-order valence-corrected chi connectivity index (χ1v) is 14.9. The molecule has 9 nitrogen and oxygen atoms in total. The Morgan fingerprint density at radius 3 is 2.66 bits per heavy atom. The summed E-state index contributed by atoms with van der Waals surface area (Å²) in [4.78, 5) is 14.5. The van der Waals surface area contributed by atoms with E-state index in [-0.39, 0.29) is 34.9 Å². The highest BCUT2D eigenvalue weighted by atomic mass is 35.5. The number of hydrogen-bond donors (Lipinski definition) is 1. The van der Waals surface area contributed by atoms with Gasteiger partial charge in [0.15, 0.2) is 4.90 Å². The normalized spacial score (nSPS) is 15.9. The summed E-state index contributed by atoms with van der Waals surface area (Å²) in [6.07, 6.45) is -3.71. The number of halogens is 5. The molecule has 0 aliphatic carbocycles. The van der Waals surface area contributed by atoms with Crippen LogP contribution in [0, 0.1) is 5.82 Å². The number of hydrogen-bond acceptors (Lipinski definition) is 8. The van der Waals surface area contributed by atoms with Gasteiger partial charge < -0.3 is 19.3 Å². The van der Waals surface area contributed by atoms with Gasteiger partial charge in [0.05, 0.1) is 36.0 Å². The van der Waals surface area contributed by atoms with Crippen LogP contribution in [0.15, 0.2) is 53.6 Å². The van der Waals surface area contributed by atoms with Crippen molar-refractivity contribution >= 4 is 45.4 Å². The van der Waals surface area contributed by atoms with Crippen molar-refractivity contribution in [2.45, 2.75) is 43.0 Å². The van der Waals surface area contributed by atoms with Crippen molar-refractivity contribution in [3.05, 3.63) is 76.2 Å². The van der Waals surface area contributed by atoms with Crippen LogP contribution < -0.4 is 13.8 Å². The smallest absolute Gasteiger partial charge is 0.417 e. The predicted molar refractivity (Wildman–Crippen MR) is 153 cm³/mol. The summed E-state index contributed by atoms with van der Waals surface area (Å²) in [5.74, 6) is -1.75. The largest absolute Gasteiger partial charge is 0.486 e. The van der Waals surface area contributed by atoms with Crippen molar-refractivity contribution in [2.75, 3.05) is 24.6 Å². The number of methoxy groups -OCH3 is 1. The summed E-state index contributed by atoms with van der Waals surface area (Å²) in [6, 6.07) is 8.95. The van der Waals surface area contributed by atoms with E-state index >= 15 is 0 Å². The molecule has 44 heavy (non-hydrogen) atoms. The van der Waals surface area contributed by atoms with Crippen molar-refractivity contribution < 1.29 is 50.1 Å². The van der Waals surface area contributed by atoms with E-state index in [1.807, 2.05) is 0 Å². The Balaban J connectivity index is 1.82. The van der Waals surface area contributed by atoms with Gasteiger partial charge in [-0.15, -0.1) is 0 Å². The van der Waals surface area contributed by atoms with E-state index in [4.69, 9.17) is 21.1 Å². The second kappa shape index (κ2) is 13.4. The summed E-state index contributed by atoms with van der Waals surface area (Å²) in [5.41, 5.74) is -0.910. The Bertz CT molecular complexity index is 1650. The molecule has 1 aliphatic heterocycles. The van der Waals surface area contributed by atoms with Crippen LogP contribution in [-0.4, -0.2) is 56.9 Å². The highest BCUT2D eigenvalue weighted by Crippen LogP contribution is 2.41. The number of rotatable bonds is 10. The fourth-order valence-corrected chi connectivity index (χ4v) is 6.08. The van der Waals surface area contributed by atoms with Crippen molar-refractivity contribution in [3.63, 3.8) is 0 Å². The zero-order valence-corrected chi connectivity index (χ0v) is 24.9. The zero-order valence-electron chi connectivity index (χ0n) is 23.3. The van der Waals surface area contributed by atoms with Crippen molar-refractivity contribution in [3.8, 4) is 11.6 Å². The fraction of sp³-hybridized carbons (Fsp3) is 0.310. The number of nitrogens with zero attached hydrogens (tertiary/aromatic N) is 2. The van der Waals surface area contributed by atoms with E-state index < -0.39 is 69.7 Å². The van der Waals surface area contributed by atoms with Crippen LogP contribution in [0.1, 0.15) is 36.5 Å². The number of aliphatic hydroxyl groups excluding tert-OH is 1. The standard InChI is InChI=1S/C29H27ClF4N2O7S/c1-17(37)16-42-28-26(13-19(14-35-28)29(32,33)34)44(39,40)36-15-20(8-11-27(38)41-2)43-25-10-7-18(12-24(25)36)6-9-21-22(30)4-3-5-23(21)31/h3-7,9-10,12-14,17,20,37H,8,11,15-16H2,1-2H3/b9-6+/t17-,20+/m1/s1. The van der Waals surface area contributed by atoms with E-state index in [1.54, 1.807) is 6.07 Å². The minimum absolute atomic E-state index is 0.0256. The molecule has 0 fully saturated rings. The molecule has 0 spiro atoms. The average Bonchev–Trinajstić information content (AvgIpc) is 2.97. The van der Waals surface area contributed by atoms with Gasteiger partial charge in [-0.1, -0.05) is 29.8 Å². The van der Waals surface area contributed by atoms with Gasteiger partial charge in [0.25, 0.3) is 10.0 Å². The average molecular weight is 659 g/mol. The number of pyridine rings is 1. The quantitative estimate of drug-likeness (QED) is 0.167. The monoisotopic (exact) mass is 658 g/mol. The van der Waals surface area contributed by atoms with Crippen LogP contribution >= 0.6 is 11.6 Å². The number of benzene rings is 2. The van der Waals surface area contributed by atoms with E-state index in [0.717, 1.165) is 4.31 Å². The van der Waals surface area contributed by atoms with Crippen LogP contribution in [-0.2, 0) is 25.7 Å². The Hall–Kier alpha value is -3.88. The molecule has 0 unspecified atom stereocenters. The van der Waals surface area contributed by atoms with Gasteiger partial charge >= 0.3 is 12.1 Å². The lowest BCUT2D eigenvalue weighted by Gasteiger charge is -2.36. The molecule has 236 valence electrons. The molecule has 4 rings (SSSR count). The lowest BCUT2D eigenvalue weighted by atomic mass is 10.1. The number of aliphatic hydroxyl groups is 1. The Kier molecular flexibility index (Phi) is 10.1. The molecule has 2 atom stereocenters. The van der Waals surface area contributed by atoms with Crippen molar-refractivity contribution in [1.82, 2.24) is 4.98 Å². The van der Waals surface area contributed by atoms with E-state index in [2.05, 4.69) is 9.72 Å². The highest BCUT2D eigenvalue weighted by Gasteiger charge is 2.40. The summed E-state index contributed by atoms with van der Waals surface area (Å²) in [5, 5.41) is 9.78. The number of fused-ring (bicyclic) bond motifs is 1. The minimum atomic E-state index is -4.93. The summed E-state index contributed by atoms with van der Waals surface area (Å²) >= 11 is 6.10. The Morgan fingerprint density at radius 1 is 1.25 bits per heavy atom. The number of ether oxygens (including phenoxy) is 3. The second-order valence-corrected chi connectivity index (χ2v) is 12.0. The number of esters is 1. The SMILES string of the molecule is COC(=O)CC[C@H]1CN(S(=O)(=O)c2cc(C(F)(F)F)cnc2OC[C@@H](C)O)c2cc(/C=C/c3c(F)cccc3Cl)ccc2O1. The van der Waals surface area contributed by atoms with Crippen LogP contribution in [0.2, 0.25) is 5.02 Å². The van der Waals surface area contributed by atoms with Crippen LogP contribution in [0.25, 0.3) is 12.2 Å². The highest BCUT2D eigenvalue weighted by molar-refractivity contribution is 7.93. The molecule has 0 bridgehead atoms. The van der Waals surface area contributed by atoms with E-state index in [0.29, 0.717) is 17.8 Å². The zero-order chi connectivity index (χ0) is 32.2. The summed E-state index contributed by atoms with van der Waals surface area (Å²) < 4.78 is 100. The number of carbonyl (C=O) groups excluding carboxylic acids is 1. The van der Waals surface area contributed by atoms with Gasteiger partial charge in [0, 0.05) is 18.2 Å². The minimum Gasteiger partial charge on any atom is -0.486 e. The molecule has 0 radical (unpaired) electrons. The first-order valence-electron chi connectivity index (χ1n) is 13.1. The molecule has 1 aromatic heterocycles. The third-order valence-electron chi connectivity index (χ3n) is 6.43. The first-order chi connectivity index (χ1) is 20.7. The van der Waals surface area contributed by atoms with E-state index in [1.165, 1.54) is 56.5 Å². The maximum absolute atomic E-state index is 14.3. The Labute approximate surface area is 255 Å². The number of carbonyl (C=O) groups is 1. The van der Waals surface area contributed by atoms with Crippen molar-refractivity contribution in [2.24, 2.45) is 0 Å². The van der Waals surface area contributed by atoms with Gasteiger partial charge in [-0.05, 0) is 55.3 Å². The third kappa shape index (κ3) is 7.60. The molecule has 2 heterocycles. The molecule has 2 aromatic carbocycles. The van der Waals surface area contributed by atoms with Crippen LogP contribution in [0.3, 0.4) is 0 Å². The first kappa shape index (κ1) is 33.0. The second-order valence-electron chi connectivity index (χ2n) is 9.77. The molecular formula is C29H27ClF4N2O7S.